The van der Waals surface area contributed by atoms with Crippen LogP contribution in [-0.4, -0.2) is 50.5 Å². The number of anilines is 1. The summed E-state index contributed by atoms with van der Waals surface area (Å²) in [6, 6.07) is 11.2. The van der Waals surface area contributed by atoms with E-state index in [0.29, 0.717) is 18.0 Å². The molecule has 34 heavy (non-hydrogen) atoms. The van der Waals surface area contributed by atoms with Gasteiger partial charge in [-0.15, -0.1) is 0 Å². The van der Waals surface area contributed by atoms with Crippen LogP contribution in [0.4, 0.5) is 5.69 Å². The summed E-state index contributed by atoms with van der Waals surface area (Å²) in [6.07, 6.45) is 2.13. The van der Waals surface area contributed by atoms with Crippen LogP contribution in [0.15, 0.2) is 42.5 Å². The number of hydrogen-bond donors (Lipinski definition) is 1. The lowest BCUT2D eigenvalue weighted by Crippen LogP contribution is -2.52. The molecule has 2 aromatic carbocycles. The molecule has 1 unspecified atom stereocenters. The Labute approximate surface area is 212 Å². The van der Waals surface area contributed by atoms with E-state index in [0.717, 1.165) is 28.1 Å². The first-order chi connectivity index (χ1) is 16.0. The van der Waals surface area contributed by atoms with Crippen LogP contribution in [0.25, 0.3) is 0 Å². The van der Waals surface area contributed by atoms with Gasteiger partial charge in [-0.1, -0.05) is 61.3 Å². The van der Waals surface area contributed by atoms with Crippen LogP contribution in [0.5, 0.6) is 0 Å². The molecule has 2 aromatic rings. The fourth-order valence-electron chi connectivity index (χ4n) is 3.53. The molecule has 2 amide bonds. The lowest BCUT2D eigenvalue weighted by atomic mass is 10.1. The second-order valence-electron chi connectivity index (χ2n) is 8.03. The molecule has 0 saturated heterocycles. The summed E-state index contributed by atoms with van der Waals surface area (Å²) < 4.78 is 26.2. The topological polar surface area (TPSA) is 86.8 Å². The number of aryl methyl sites for hydroxylation is 1. The lowest BCUT2D eigenvalue weighted by molar-refractivity contribution is -0.140. The standard InChI is InChI=1S/C24H31Cl2N3O4S/c1-5-13-27-24(31)21(6-2)28(15-18-10-8-7-9-17(18)3)23(30)16-29(34(4,32)33)22-12-11-19(25)14-20(22)26/h7-12,14,21H,5-6,13,15-16H2,1-4H3,(H,27,31). The van der Waals surface area contributed by atoms with E-state index >= 15 is 0 Å². The van der Waals surface area contributed by atoms with Crippen molar-refractivity contribution in [1.29, 1.82) is 0 Å². The van der Waals surface area contributed by atoms with Crippen molar-refractivity contribution in [2.45, 2.75) is 46.2 Å². The maximum Gasteiger partial charge on any atom is 0.244 e. The van der Waals surface area contributed by atoms with Gasteiger partial charge in [0.05, 0.1) is 17.0 Å². The SMILES string of the molecule is CCCNC(=O)C(CC)N(Cc1ccccc1C)C(=O)CN(c1ccc(Cl)cc1Cl)S(C)(=O)=O. The smallest absolute Gasteiger partial charge is 0.244 e. The molecule has 0 spiro atoms. The molecule has 0 aliphatic heterocycles. The summed E-state index contributed by atoms with van der Waals surface area (Å²) in [4.78, 5) is 28.0. The average molecular weight is 529 g/mol. The number of amides is 2. The van der Waals surface area contributed by atoms with Gasteiger partial charge in [-0.25, -0.2) is 8.42 Å². The number of hydrogen-bond acceptors (Lipinski definition) is 4. The molecule has 0 radical (unpaired) electrons. The molecule has 1 atom stereocenters. The van der Waals surface area contributed by atoms with Gasteiger partial charge in [-0.2, -0.15) is 0 Å². The number of rotatable bonds is 11. The van der Waals surface area contributed by atoms with Crippen molar-refractivity contribution < 1.29 is 18.0 Å². The minimum absolute atomic E-state index is 0.101. The molecule has 0 saturated carbocycles. The predicted molar refractivity (Wildman–Crippen MR) is 138 cm³/mol. The first kappa shape index (κ1) is 28.0. The number of nitrogens with one attached hydrogen (secondary N) is 1. The summed E-state index contributed by atoms with van der Waals surface area (Å²) in [5, 5.41) is 3.29. The summed E-state index contributed by atoms with van der Waals surface area (Å²) in [5.41, 5.74) is 1.97. The van der Waals surface area contributed by atoms with Crippen molar-refractivity contribution in [3.05, 3.63) is 63.6 Å². The third-order valence-electron chi connectivity index (χ3n) is 5.39. The number of halogens is 2. The number of benzene rings is 2. The number of sulfonamides is 1. The summed E-state index contributed by atoms with van der Waals surface area (Å²) in [5.74, 6) is -0.792. The molecular weight excluding hydrogens is 497 g/mol. The highest BCUT2D eigenvalue weighted by molar-refractivity contribution is 7.92. The van der Waals surface area contributed by atoms with Crippen molar-refractivity contribution in [2.24, 2.45) is 0 Å². The minimum atomic E-state index is -3.87. The van der Waals surface area contributed by atoms with Crippen molar-refractivity contribution >= 4 is 50.7 Å². The Balaban J connectivity index is 2.47. The Bertz CT molecular complexity index is 1120. The normalized spacial score (nSPS) is 12.2. The Hall–Kier alpha value is -2.29. The second kappa shape index (κ2) is 12.4. The zero-order valence-corrected chi connectivity index (χ0v) is 22.2. The number of carbonyl (C=O) groups is 2. The van der Waals surface area contributed by atoms with E-state index in [2.05, 4.69) is 5.32 Å². The highest BCUT2D eigenvalue weighted by atomic mass is 35.5. The van der Waals surface area contributed by atoms with E-state index in [1.807, 2.05) is 45.0 Å². The number of nitrogens with zero attached hydrogens (tertiary/aromatic N) is 2. The second-order valence-corrected chi connectivity index (χ2v) is 10.8. The van der Waals surface area contributed by atoms with Crippen LogP contribution in [0.1, 0.15) is 37.8 Å². The summed E-state index contributed by atoms with van der Waals surface area (Å²) in [7, 11) is -3.87. The van der Waals surface area contributed by atoms with Gasteiger partial charge in [-0.3, -0.25) is 13.9 Å². The van der Waals surface area contributed by atoms with Crippen molar-refractivity contribution in [3.8, 4) is 0 Å². The van der Waals surface area contributed by atoms with Gasteiger partial charge >= 0.3 is 0 Å². The molecule has 0 aromatic heterocycles. The van der Waals surface area contributed by atoms with E-state index in [9.17, 15) is 18.0 Å². The quantitative estimate of drug-likeness (QED) is 0.469. The summed E-state index contributed by atoms with van der Waals surface area (Å²) >= 11 is 12.2. The zero-order valence-electron chi connectivity index (χ0n) is 19.8. The average Bonchev–Trinajstić information content (AvgIpc) is 2.76. The first-order valence-electron chi connectivity index (χ1n) is 11.0. The van der Waals surface area contributed by atoms with Crippen LogP contribution in [0.3, 0.4) is 0 Å². The lowest BCUT2D eigenvalue weighted by Gasteiger charge is -2.33. The molecule has 10 heteroatoms. The molecule has 0 aliphatic carbocycles. The molecule has 1 N–H and O–H groups in total. The summed E-state index contributed by atoms with van der Waals surface area (Å²) in [6.45, 7) is 5.82. The number of carbonyl (C=O) groups excluding carboxylic acids is 2. The van der Waals surface area contributed by atoms with Gasteiger partial charge in [0.2, 0.25) is 21.8 Å². The van der Waals surface area contributed by atoms with E-state index in [-0.39, 0.29) is 23.2 Å². The van der Waals surface area contributed by atoms with Gasteiger partial charge in [0.15, 0.2) is 0 Å². The Morgan fingerprint density at radius 1 is 1.09 bits per heavy atom. The molecule has 0 aliphatic rings. The fraction of sp³-hybridized carbons (Fsp3) is 0.417. The van der Waals surface area contributed by atoms with Gasteiger partial charge in [0.25, 0.3) is 0 Å². The largest absolute Gasteiger partial charge is 0.354 e. The highest BCUT2D eigenvalue weighted by Gasteiger charge is 2.32. The van der Waals surface area contributed by atoms with E-state index in [4.69, 9.17) is 23.2 Å². The third kappa shape index (κ3) is 7.35. The predicted octanol–water partition coefficient (Wildman–Crippen LogP) is 4.40. The van der Waals surface area contributed by atoms with E-state index < -0.39 is 28.5 Å². The highest BCUT2D eigenvalue weighted by Crippen LogP contribution is 2.30. The van der Waals surface area contributed by atoms with Gasteiger partial charge in [0.1, 0.15) is 12.6 Å². The van der Waals surface area contributed by atoms with Crippen molar-refractivity contribution in [3.63, 3.8) is 0 Å². The van der Waals surface area contributed by atoms with Crippen LogP contribution >= 0.6 is 23.2 Å². The van der Waals surface area contributed by atoms with Crippen molar-refractivity contribution in [2.75, 3.05) is 23.7 Å². The van der Waals surface area contributed by atoms with Crippen LogP contribution in [0.2, 0.25) is 10.0 Å². The van der Waals surface area contributed by atoms with Gasteiger partial charge in [0, 0.05) is 18.1 Å². The molecular formula is C24H31Cl2N3O4S. The Morgan fingerprint density at radius 3 is 2.32 bits per heavy atom. The maximum atomic E-state index is 13.6. The molecule has 186 valence electrons. The molecule has 0 fully saturated rings. The van der Waals surface area contributed by atoms with Crippen LogP contribution in [-0.2, 0) is 26.2 Å². The maximum absolute atomic E-state index is 13.6. The minimum Gasteiger partial charge on any atom is -0.354 e. The first-order valence-corrected chi connectivity index (χ1v) is 13.6. The Kier molecular flexibility index (Phi) is 10.2. The van der Waals surface area contributed by atoms with E-state index in [1.165, 1.54) is 23.1 Å². The molecule has 0 heterocycles. The van der Waals surface area contributed by atoms with Crippen LogP contribution < -0.4 is 9.62 Å². The Morgan fingerprint density at radius 2 is 1.76 bits per heavy atom. The zero-order chi connectivity index (χ0) is 25.5. The van der Waals surface area contributed by atoms with Crippen molar-refractivity contribution in [1.82, 2.24) is 10.2 Å². The molecule has 0 bridgehead atoms. The molecule has 7 nitrogen and oxygen atoms in total. The van der Waals surface area contributed by atoms with Gasteiger partial charge < -0.3 is 10.2 Å². The van der Waals surface area contributed by atoms with E-state index in [1.54, 1.807) is 0 Å². The molecule has 2 rings (SSSR count). The van der Waals surface area contributed by atoms with Crippen LogP contribution in [0, 0.1) is 6.92 Å². The van der Waals surface area contributed by atoms with Gasteiger partial charge in [-0.05, 0) is 49.1 Å². The fourth-order valence-corrected chi connectivity index (χ4v) is 4.96. The third-order valence-corrected chi connectivity index (χ3v) is 7.06. The monoisotopic (exact) mass is 527 g/mol.